The van der Waals surface area contributed by atoms with Crippen molar-refractivity contribution in [2.75, 3.05) is 11.1 Å². The minimum atomic E-state index is -0.199. The second kappa shape index (κ2) is 5.36. The predicted molar refractivity (Wildman–Crippen MR) is 77.5 cm³/mol. The molecule has 8 heteroatoms. The molecule has 0 bridgehead atoms. The maximum Gasteiger partial charge on any atom is 0.257 e. The molecule has 21 heavy (non-hydrogen) atoms. The minimum Gasteiger partial charge on any atom is -0.360 e. The molecule has 0 saturated carbocycles. The van der Waals surface area contributed by atoms with Crippen molar-refractivity contribution in [2.45, 2.75) is 31.5 Å². The van der Waals surface area contributed by atoms with E-state index in [4.69, 9.17) is 4.52 Å². The maximum atomic E-state index is 12.2. The van der Waals surface area contributed by atoms with Crippen molar-refractivity contribution in [3.05, 3.63) is 33.9 Å². The number of hydrogen-bond acceptors (Lipinski definition) is 6. The topological polar surface area (TPSA) is 90.0 Å². The van der Waals surface area contributed by atoms with Gasteiger partial charge in [0, 0.05) is 30.0 Å². The van der Waals surface area contributed by atoms with Crippen molar-refractivity contribution in [1.29, 1.82) is 0 Å². The van der Waals surface area contributed by atoms with Crippen molar-refractivity contribution in [2.24, 2.45) is 0 Å². The Bertz CT molecular complexity index is 752. The van der Waals surface area contributed by atoms with E-state index in [2.05, 4.69) is 15.5 Å². The monoisotopic (exact) mass is 306 g/mol. The lowest BCUT2D eigenvalue weighted by Crippen LogP contribution is -2.28. The molecule has 0 aliphatic carbocycles. The van der Waals surface area contributed by atoms with Gasteiger partial charge >= 0.3 is 0 Å². The van der Waals surface area contributed by atoms with Gasteiger partial charge < -0.3 is 9.84 Å². The van der Waals surface area contributed by atoms with Crippen LogP contribution in [0.2, 0.25) is 0 Å². The summed E-state index contributed by atoms with van der Waals surface area (Å²) in [6.45, 7) is 3.47. The molecule has 1 aliphatic heterocycles. The molecule has 1 unspecified atom stereocenters. The van der Waals surface area contributed by atoms with Crippen LogP contribution in [0, 0.1) is 13.8 Å². The van der Waals surface area contributed by atoms with E-state index in [1.807, 2.05) is 0 Å². The number of nitrogens with one attached hydrogen (secondary N) is 1. The molecular formula is C13H14N4O3S. The first-order valence-corrected chi connectivity index (χ1v) is 7.47. The Hall–Kier alpha value is -2.09. The molecule has 1 N–H and O–H groups in total. The van der Waals surface area contributed by atoms with E-state index < -0.39 is 0 Å². The van der Waals surface area contributed by atoms with Crippen molar-refractivity contribution >= 4 is 23.5 Å². The Kier molecular flexibility index (Phi) is 3.54. The van der Waals surface area contributed by atoms with Gasteiger partial charge in [-0.3, -0.25) is 14.2 Å². The van der Waals surface area contributed by atoms with E-state index in [9.17, 15) is 9.59 Å². The molecule has 110 valence electrons. The molecule has 0 radical (unpaired) electrons. The first kappa shape index (κ1) is 13.9. The van der Waals surface area contributed by atoms with Gasteiger partial charge in [-0.15, -0.1) is 0 Å². The zero-order valence-corrected chi connectivity index (χ0v) is 12.4. The van der Waals surface area contributed by atoms with E-state index in [-0.39, 0.29) is 23.9 Å². The summed E-state index contributed by atoms with van der Waals surface area (Å²) in [7, 11) is 0. The summed E-state index contributed by atoms with van der Waals surface area (Å²) in [4.78, 5) is 28.4. The lowest BCUT2D eigenvalue weighted by Gasteiger charge is -2.12. The van der Waals surface area contributed by atoms with Gasteiger partial charge in [0.25, 0.3) is 5.56 Å². The van der Waals surface area contributed by atoms with Crippen LogP contribution in [0.3, 0.4) is 0 Å². The molecule has 3 heterocycles. The third-order valence-corrected chi connectivity index (χ3v) is 4.33. The van der Waals surface area contributed by atoms with Crippen LogP contribution in [0.1, 0.15) is 23.8 Å². The number of anilines is 1. The Morgan fingerprint density at radius 1 is 1.57 bits per heavy atom. The number of carbonyl (C=O) groups excluding carboxylic acids is 1. The fourth-order valence-corrected chi connectivity index (χ4v) is 3.31. The maximum absolute atomic E-state index is 12.2. The molecular weight excluding hydrogens is 292 g/mol. The third-order valence-electron chi connectivity index (χ3n) is 3.22. The normalized spacial score (nSPS) is 16.8. The Balaban J connectivity index is 1.75. The summed E-state index contributed by atoms with van der Waals surface area (Å²) < 4.78 is 6.50. The quantitative estimate of drug-likeness (QED) is 0.865. The molecule has 2 aromatic heterocycles. The molecule has 7 nitrogen and oxygen atoms in total. The minimum absolute atomic E-state index is 0.0833. The Morgan fingerprint density at radius 3 is 3.10 bits per heavy atom. The number of nitrogens with zero attached hydrogens (tertiary/aromatic N) is 3. The highest BCUT2D eigenvalue weighted by Gasteiger charge is 2.27. The SMILES string of the molecule is Cc1cc(NC(=O)CC2CSc3ncc(C)c(=O)n32)no1. The molecule has 0 spiro atoms. The number of thioether (sulfide) groups is 1. The third kappa shape index (κ3) is 2.71. The van der Waals surface area contributed by atoms with Gasteiger partial charge in [0.15, 0.2) is 11.0 Å². The number of rotatable bonds is 3. The van der Waals surface area contributed by atoms with Crippen LogP contribution in [-0.2, 0) is 4.79 Å². The average Bonchev–Trinajstić information content (AvgIpc) is 3.01. The average molecular weight is 306 g/mol. The van der Waals surface area contributed by atoms with E-state index in [1.165, 1.54) is 11.8 Å². The summed E-state index contributed by atoms with van der Waals surface area (Å²) in [5, 5.41) is 7.05. The molecule has 1 aliphatic rings. The summed E-state index contributed by atoms with van der Waals surface area (Å²) >= 11 is 1.49. The van der Waals surface area contributed by atoms with Crippen molar-refractivity contribution in [3.63, 3.8) is 0 Å². The van der Waals surface area contributed by atoms with Crippen molar-refractivity contribution in [1.82, 2.24) is 14.7 Å². The van der Waals surface area contributed by atoms with Gasteiger partial charge in [0.2, 0.25) is 5.91 Å². The van der Waals surface area contributed by atoms with Gasteiger partial charge in [-0.2, -0.15) is 0 Å². The number of aryl methyl sites for hydroxylation is 2. The zero-order chi connectivity index (χ0) is 15.0. The van der Waals surface area contributed by atoms with Gasteiger partial charge in [0.05, 0.1) is 6.04 Å². The van der Waals surface area contributed by atoms with E-state index in [1.54, 1.807) is 30.7 Å². The number of hydrogen-bond donors (Lipinski definition) is 1. The van der Waals surface area contributed by atoms with Gasteiger partial charge in [-0.25, -0.2) is 4.98 Å². The van der Waals surface area contributed by atoms with Crippen LogP contribution in [-0.4, -0.2) is 26.4 Å². The standard InChI is InChI=1S/C13H14N4O3S/c1-7-5-14-13-17(12(7)19)9(6-21-13)4-11(18)15-10-3-8(2)20-16-10/h3,5,9H,4,6H2,1-2H3,(H,15,16,18). The van der Waals surface area contributed by atoms with Crippen LogP contribution in [0.15, 0.2) is 26.7 Å². The number of amides is 1. The van der Waals surface area contributed by atoms with Crippen LogP contribution in [0.25, 0.3) is 0 Å². The highest BCUT2D eigenvalue weighted by atomic mass is 32.2. The molecule has 2 aromatic rings. The number of aromatic nitrogens is 3. The second-order valence-corrected chi connectivity index (χ2v) is 5.93. The fraction of sp³-hybridized carbons (Fsp3) is 0.385. The van der Waals surface area contributed by atoms with Crippen LogP contribution in [0.4, 0.5) is 5.82 Å². The van der Waals surface area contributed by atoms with Crippen LogP contribution >= 0.6 is 11.8 Å². The van der Waals surface area contributed by atoms with E-state index >= 15 is 0 Å². The zero-order valence-electron chi connectivity index (χ0n) is 11.6. The van der Waals surface area contributed by atoms with Crippen LogP contribution < -0.4 is 10.9 Å². The number of fused-ring (bicyclic) bond motifs is 1. The molecule has 0 fully saturated rings. The second-order valence-electron chi connectivity index (χ2n) is 4.94. The van der Waals surface area contributed by atoms with Gasteiger partial charge in [0.1, 0.15) is 5.76 Å². The largest absolute Gasteiger partial charge is 0.360 e. The number of carbonyl (C=O) groups is 1. The van der Waals surface area contributed by atoms with Crippen molar-refractivity contribution < 1.29 is 9.32 Å². The molecule has 3 rings (SSSR count). The summed E-state index contributed by atoms with van der Waals surface area (Å²) in [6, 6.07) is 1.46. The molecule has 0 aromatic carbocycles. The highest BCUT2D eigenvalue weighted by molar-refractivity contribution is 7.99. The van der Waals surface area contributed by atoms with E-state index in [0.29, 0.717) is 28.1 Å². The smallest absolute Gasteiger partial charge is 0.257 e. The van der Waals surface area contributed by atoms with Gasteiger partial charge in [-0.1, -0.05) is 16.9 Å². The van der Waals surface area contributed by atoms with Crippen LogP contribution in [0.5, 0.6) is 0 Å². The fourth-order valence-electron chi connectivity index (χ4n) is 2.20. The Morgan fingerprint density at radius 2 is 2.38 bits per heavy atom. The Labute approximate surface area is 124 Å². The lowest BCUT2D eigenvalue weighted by atomic mass is 10.2. The highest BCUT2D eigenvalue weighted by Crippen LogP contribution is 2.31. The molecule has 1 amide bonds. The summed E-state index contributed by atoms with van der Waals surface area (Å²) in [5.74, 6) is 1.48. The first-order chi connectivity index (χ1) is 10.0. The summed E-state index contributed by atoms with van der Waals surface area (Å²) in [6.07, 6.45) is 1.78. The first-order valence-electron chi connectivity index (χ1n) is 6.48. The predicted octanol–water partition coefficient (Wildman–Crippen LogP) is 1.52. The molecule has 1 atom stereocenters. The lowest BCUT2D eigenvalue weighted by molar-refractivity contribution is -0.116. The van der Waals surface area contributed by atoms with Gasteiger partial charge in [-0.05, 0) is 13.8 Å². The van der Waals surface area contributed by atoms with E-state index in [0.717, 1.165) is 0 Å². The summed E-state index contributed by atoms with van der Waals surface area (Å²) in [5.41, 5.74) is 0.499. The van der Waals surface area contributed by atoms with Crippen molar-refractivity contribution in [3.8, 4) is 0 Å². The molecule has 0 saturated heterocycles.